The maximum Gasteiger partial charge on any atom is 0.257 e. The molecule has 0 aliphatic rings. The fraction of sp³-hybridized carbons (Fsp3) is 0.467. The molecule has 1 aromatic rings. The molecule has 1 amide bonds. The van der Waals surface area contributed by atoms with Gasteiger partial charge < -0.3 is 10.4 Å². The summed E-state index contributed by atoms with van der Waals surface area (Å²) in [5, 5.41) is 20.3. The highest BCUT2D eigenvalue weighted by molar-refractivity contribution is 5.95. The Balaban J connectivity index is 2.97. The van der Waals surface area contributed by atoms with Gasteiger partial charge in [-0.2, -0.15) is 5.26 Å². The number of benzene rings is 1. The van der Waals surface area contributed by atoms with Gasteiger partial charge in [-0.3, -0.25) is 4.79 Å². The van der Waals surface area contributed by atoms with Crippen molar-refractivity contribution in [2.24, 2.45) is 5.41 Å². The van der Waals surface area contributed by atoms with Gasteiger partial charge in [0.05, 0.1) is 24.3 Å². The lowest BCUT2D eigenvalue weighted by atomic mass is 9.88. The highest BCUT2D eigenvalue weighted by Crippen LogP contribution is 2.21. The fourth-order valence-electron chi connectivity index (χ4n) is 2.01. The van der Waals surface area contributed by atoms with E-state index in [1.54, 1.807) is 6.07 Å². The fourth-order valence-corrected chi connectivity index (χ4v) is 2.01. The molecule has 1 aromatic carbocycles. The van der Waals surface area contributed by atoms with Crippen LogP contribution in [0.3, 0.4) is 0 Å². The molecule has 0 fully saturated rings. The van der Waals surface area contributed by atoms with E-state index in [1.807, 2.05) is 20.8 Å². The van der Waals surface area contributed by atoms with Gasteiger partial charge in [-0.05, 0) is 24.0 Å². The van der Waals surface area contributed by atoms with Gasteiger partial charge in [0.15, 0.2) is 0 Å². The average molecular weight is 296 g/mol. The van der Waals surface area contributed by atoms with Crippen LogP contribution in [0.2, 0.25) is 0 Å². The predicted molar refractivity (Wildman–Crippen MR) is 73.5 cm³/mol. The molecule has 2 N–H and O–H groups in total. The molecule has 1 atom stereocenters. The van der Waals surface area contributed by atoms with Gasteiger partial charge >= 0.3 is 0 Å². The van der Waals surface area contributed by atoms with Crippen molar-refractivity contribution in [1.82, 2.24) is 5.32 Å². The number of halogens is 2. The van der Waals surface area contributed by atoms with Crippen molar-refractivity contribution in [3.8, 4) is 6.07 Å². The molecule has 6 heteroatoms. The van der Waals surface area contributed by atoms with Crippen LogP contribution < -0.4 is 5.32 Å². The summed E-state index contributed by atoms with van der Waals surface area (Å²) >= 11 is 0. The Labute approximate surface area is 122 Å². The molecule has 0 saturated carbocycles. The smallest absolute Gasteiger partial charge is 0.257 e. The van der Waals surface area contributed by atoms with Gasteiger partial charge in [-0.25, -0.2) is 8.78 Å². The number of carbonyl (C=O) groups excluding carboxylic acids is 1. The summed E-state index contributed by atoms with van der Waals surface area (Å²) < 4.78 is 27.5. The van der Waals surface area contributed by atoms with E-state index in [0.717, 1.165) is 12.1 Å². The van der Waals surface area contributed by atoms with E-state index in [0.29, 0.717) is 6.42 Å². The van der Waals surface area contributed by atoms with E-state index >= 15 is 0 Å². The minimum Gasteiger partial charge on any atom is -0.394 e. The molecule has 114 valence electrons. The normalized spacial score (nSPS) is 12.6. The number of aliphatic hydroxyl groups is 1. The molecular formula is C15H18F2N2O2. The molecule has 0 aliphatic carbocycles. The van der Waals surface area contributed by atoms with Crippen LogP contribution in [0.15, 0.2) is 12.1 Å². The first-order chi connectivity index (χ1) is 9.67. The summed E-state index contributed by atoms with van der Waals surface area (Å²) in [5.74, 6) is -3.15. The lowest BCUT2D eigenvalue weighted by Crippen LogP contribution is -2.40. The number of carbonyl (C=O) groups is 1. The summed E-state index contributed by atoms with van der Waals surface area (Å²) in [6.07, 6.45) is 0.453. The van der Waals surface area contributed by atoms with E-state index in [-0.39, 0.29) is 17.6 Å². The number of hydrogen-bond donors (Lipinski definition) is 2. The van der Waals surface area contributed by atoms with E-state index in [1.165, 1.54) is 0 Å². The molecule has 1 unspecified atom stereocenters. The molecule has 0 aromatic heterocycles. The third kappa shape index (κ3) is 4.80. The summed E-state index contributed by atoms with van der Waals surface area (Å²) in [7, 11) is 0. The Morgan fingerprint density at radius 3 is 2.29 bits per heavy atom. The second kappa shape index (κ2) is 6.64. The summed E-state index contributed by atoms with van der Waals surface area (Å²) in [6, 6.07) is 2.60. The largest absolute Gasteiger partial charge is 0.394 e. The van der Waals surface area contributed by atoms with Crippen LogP contribution >= 0.6 is 0 Å². The number of nitrogens with zero attached hydrogens (tertiary/aromatic N) is 1. The van der Waals surface area contributed by atoms with E-state index < -0.39 is 29.1 Å². The lowest BCUT2D eigenvalue weighted by Gasteiger charge is -2.25. The molecule has 21 heavy (non-hydrogen) atoms. The van der Waals surface area contributed by atoms with Crippen LogP contribution in [-0.4, -0.2) is 23.7 Å². The molecule has 0 saturated heterocycles. The van der Waals surface area contributed by atoms with Crippen LogP contribution in [-0.2, 0) is 0 Å². The summed E-state index contributed by atoms with van der Waals surface area (Å²) in [5.41, 5.74) is -1.11. The Hall–Kier alpha value is -2.00. The summed E-state index contributed by atoms with van der Waals surface area (Å²) in [6.45, 7) is 5.43. The van der Waals surface area contributed by atoms with Crippen molar-refractivity contribution >= 4 is 5.91 Å². The third-order valence-electron chi connectivity index (χ3n) is 2.81. The van der Waals surface area contributed by atoms with Gasteiger partial charge in [0.1, 0.15) is 17.2 Å². The second-order valence-electron chi connectivity index (χ2n) is 6.04. The van der Waals surface area contributed by atoms with Crippen LogP contribution in [0.25, 0.3) is 0 Å². The van der Waals surface area contributed by atoms with Crippen molar-refractivity contribution in [2.75, 3.05) is 6.61 Å². The topological polar surface area (TPSA) is 73.1 Å². The average Bonchev–Trinajstić information content (AvgIpc) is 2.35. The number of hydrogen-bond acceptors (Lipinski definition) is 3. The maximum absolute atomic E-state index is 13.7. The van der Waals surface area contributed by atoms with Crippen molar-refractivity contribution in [3.05, 3.63) is 34.9 Å². The van der Waals surface area contributed by atoms with Gasteiger partial charge in [-0.1, -0.05) is 20.8 Å². The second-order valence-corrected chi connectivity index (χ2v) is 6.04. The van der Waals surface area contributed by atoms with Crippen LogP contribution in [0.4, 0.5) is 8.78 Å². The summed E-state index contributed by atoms with van der Waals surface area (Å²) in [4.78, 5) is 12.0. The molecule has 4 nitrogen and oxygen atoms in total. The highest BCUT2D eigenvalue weighted by atomic mass is 19.1. The predicted octanol–water partition coefficient (Wildman–Crippen LogP) is 2.36. The van der Waals surface area contributed by atoms with E-state index in [9.17, 15) is 18.7 Å². The Morgan fingerprint density at radius 2 is 1.90 bits per heavy atom. The standard InChI is InChI=1S/C15H18F2N2O2/c1-15(2,3)6-10(8-20)19-14(21)13-11(16)4-9(7-18)5-12(13)17/h4-5,10,20H,6,8H2,1-3H3,(H,19,21). The number of nitriles is 1. The zero-order valence-corrected chi connectivity index (χ0v) is 12.2. The number of rotatable bonds is 4. The lowest BCUT2D eigenvalue weighted by molar-refractivity contribution is 0.0889. The molecule has 0 radical (unpaired) electrons. The molecule has 0 spiro atoms. The van der Waals surface area contributed by atoms with Crippen LogP contribution in [0.1, 0.15) is 43.1 Å². The zero-order valence-electron chi connectivity index (χ0n) is 12.2. The van der Waals surface area contributed by atoms with Gasteiger partial charge in [0.25, 0.3) is 5.91 Å². The quantitative estimate of drug-likeness (QED) is 0.896. The molecule has 0 aliphatic heterocycles. The highest BCUT2D eigenvalue weighted by Gasteiger charge is 2.24. The molecule has 0 bridgehead atoms. The molecular weight excluding hydrogens is 278 g/mol. The van der Waals surface area contributed by atoms with Crippen LogP contribution in [0, 0.1) is 28.4 Å². The molecule has 0 heterocycles. The van der Waals surface area contributed by atoms with Gasteiger partial charge in [0.2, 0.25) is 0 Å². The number of aliphatic hydroxyl groups excluding tert-OH is 1. The number of nitrogens with one attached hydrogen (secondary N) is 1. The van der Waals surface area contributed by atoms with E-state index in [4.69, 9.17) is 5.26 Å². The zero-order chi connectivity index (χ0) is 16.2. The number of amides is 1. The SMILES string of the molecule is CC(C)(C)CC(CO)NC(=O)c1c(F)cc(C#N)cc1F. The van der Waals surface area contributed by atoms with Gasteiger partial charge in [0, 0.05) is 0 Å². The Morgan fingerprint density at radius 1 is 1.38 bits per heavy atom. The van der Waals surface area contributed by atoms with Crippen molar-refractivity contribution in [1.29, 1.82) is 5.26 Å². The monoisotopic (exact) mass is 296 g/mol. The minimum atomic E-state index is -1.10. The van der Waals surface area contributed by atoms with Crippen molar-refractivity contribution < 1.29 is 18.7 Å². The third-order valence-corrected chi connectivity index (χ3v) is 2.81. The van der Waals surface area contributed by atoms with Crippen molar-refractivity contribution in [2.45, 2.75) is 33.2 Å². The first-order valence-electron chi connectivity index (χ1n) is 6.49. The molecule has 1 rings (SSSR count). The van der Waals surface area contributed by atoms with Crippen LogP contribution in [0.5, 0.6) is 0 Å². The first-order valence-corrected chi connectivity index (χ1v) is 6.49. The maximum atomic E-state index is 13.7. The Bertz CT molecular complexity index is 551. The first kappa shape index (κ1) is 17.1. The van der Waals surface area contributed by atoms with Gasteiger partial charge in [-0.15, -0.1) is 0 Å². The van der Waals surface area contributed by atoms with Crippen molar-refractivity contribution in [3.63, 3.8) is 0 Å². The van der Waals surface area contributed by atoms with E-state index in [2.05, 4.69) is 5.32 Å². The Kier molecular flexibility index (Phi) is 5.39. The minimum absolute atomic E-state index is 0.164.